The van der Waals surface area contributed by atoms with Gasteiger partial charge in [-0.05, 0) is 30.3 Å². The van der Waals surface area contributed by atoms with Gasteiger partial charge in [-0.25, -0.2) is 8.78 Å². The Kier molecular flexibility index (Phi) is 5.86. The van der Waals surface area contributed by atoms with Crippen molar-refractivity contribution in [1.29, 1.82) is 0 Å². The monoisotopic (exact) mass is 326 g/mol. The van der Waals surface area contributed by atoms with Gasteiger partial charge in [0.1, 0.15) is 17.4 Å². The number of benzene rings is 2. The van der Waals surface area contributed by atoms with E-state index in [-0.39, 0.29) is 25.4 Å². The van der Waals surface area contributed by atoms with Gasteiger partial charge in [0.05, 0.1) is 12.2 Å². The Balaban J connectivity index is 1.73. The third-order valence-electron chi connectivity index (χ3n) is 2.81. The quantitative estimate of drug-likeness (QED) is 0.433. The Labute approximate surface area is 131 Å². The van der Waals surface area contributed by atoms with Crippen LogP contribution in [0.2, 0.25) is 5.02 Å². The number of ether oxygens (including phenoxy) is 2. The summed E-state index contributed by atoms with van der Waals surface area (Å²) in [7, 11) is 0. The summed E-state index contributed by atoms with van der Waals surface area (Å²) in [4.78, 5) is 11.8. The van der Waals surface area contributed by atoms with Crippen molar-refractivity contribution in [3.05, 3.63) is 64.7 Å². The van der Waals surface area contributed by atoms with Crippen molar-refractivity contribution < 1.29 is 23.0 Å². The molecule has 0 heterocycles. The summed E-state index contributed by atoms with van der Waals surface area (Å²) in [5, 5.41) is 0.541. The first-order chi connectivity index (χ1) is 10.6. The number of rotatable bonds is 7. The van der Waals surface area contributed by atoms with E-state index >= 15 is 0 Å². The van der Waals surface area contributed by atoms with Crippen molar-refractivity contribution in [1.82, 2.24) is 0 Å². The van der Waals surface area contributed by atoms with Crippen LogP contribution in [0.3, 0.4) is 0 Å². The predicted octanol–water partition coefficient (Wildman–Crippen LogP) is 4.24. The first-order valence-electron chi connectivity index (χ1n) is 6.50. The topological polar surface area (TPSA) is 35.5 Å². The Morgan fingerprint density at radius 2 is 1.95 bits per heavy atom. The third kappa shape index (κ3) is 4.79. The fourth-order valence-corrected chi connectivity index (χ4v) is 1.92. The minimum Gasteiger partial charge on any atom is -0.468 e. The molecule has 0 spiro atoms. The second-order valence-corrected chi connectivity index (χ2v) is 4.86. The van der Waals surface area contributed by atoms with Crippen LogP contribution in [0.5, 0.6) is 5.75 Å². The van der Waals surface area contributed by atoms with Gasteiger partial charge in [0, 0.05) is 17.5 Å². The van der Waals surface area contributed by atoms with Gasteiger partial charge in [0.15, 0.2) is 12.6 Å². The number of hydrogen-bond acceptors (Lipinski definition) is 3. The van der Waals surface area contributed by atoms with E-state index in [1.165, 1.54) is 0 Å². The minimum absolute atomic E-state index is 0.0263. The summed E-state index contributed by atoms with van der Waals surface area (Å²) in [6.45, 7) is 0.00966. The molecule has 2 rings (SSSR count). The van der Waals surface area contributed by atoms with Crippen LogP contribution in [0.1, 0.15) is 16.8 Å². The fraction of sp³-hybridized carbons (Fsp3) is 0.188. The maximum atomic E-state index is 13.4. The van der Waals surface area contributed by atoms with E-state index < -0.39 is 17.4 Å². The molecule has 0 saturated carbocycles. The van der Waals surface area contributed by atoms with Crippen molar-refractivity contribution in [2.45, 2.75) is 6.42 Å². The van der Waals surface area contributed by atoms with E-state index in [2.05, 4.69) is 0 Å². The van der Waals surface area contributed by atoms with Crippen LogP contribution in [0, 0.1) is 11.6 Å². The maximum absolute atomic E-state index is 13.4. The van der Waals surface area contributed by atoms with Gasteiger partial charge in [-0.15, -0.1) is 0 Å². The summed E-state index contributed by atoms with van der Waals surface area (Å²) in [5.41, 5.74) is -0.152. The van der Waals surface area contributed by atoms with E-state index in [9.17, 15) is 13.6 Å². The Bertz CT molecular complexity index is 662. The van der Waals surface area contributed by atoms with Gasteiger partial charge in [0.25, 0.3) is 0 Å². The van der Waals surface area contributed by atoms with Gasteiger partial charge >= 0.3 is 0 Å². The second-order valence-electron chi connectivity index (χ2n) is 4.43. The van der Waals surface area contributed by atoms with Crippen LogP contribution in [-0.4, -0.2) is 19.2 Å². The van der Waals surface area contributed by atoms with Crippen molar-refractivity contribution in [3.63, 3.8) is 0 Å². The molecule has 0 bridgehead atoms. The standard InChI is InChI=1S/C16H13ClF2O3/c17-11-2-1-3-13(8-11)22-10-21-7-6-16(20)14-5-4-12(18)9-15(14)19/h1-5,8-9H,6-7,10H2. The molecule has 6 heteroatoms. The lowest BCUT2D eigenvalue weighted by atomic mass is 10.1. The zero-order valence-electron chi connectivity index (χ0n) is 11.5. The molecule has 22 heavy (non-hydrogen) atoms. The maximum Gasteiger partial charge on any atom is 0.189 e. The van der Waals surface area contributed by atoms with Gasteiger partial charge in [-0.2, -0.15) is 0 Å². The highest BCUT2D eigenvalue weighted by Gasteiger charge is 2.12. The smallest absolute Gasteiger partial charge is 0.189 e. The number of carbonyl (C=O) groups excluding carboxylic acids is 1. The zero-order chi connectivity index (χ0) is 15.9. The lowest BCUT2D eigenvalue weighted by Gasteiger charge is -2.07. The molecule has 0 N–H and O–H groups in total. The molecular weight excluding hydrogens is 314 g/mol. The Morgan fingerprint density at radius 3 is 2.68 bits per heavy atom. The van der Waals surface area contributed by atoms with E-state index in [0.29, 0.717) is 16.8 Å². The molecule has 0 aliphatic heterocycles. The molecule has 2 aromatic rings. The fourth-order valence-electron chi connectivity index (χ4n) is 1.74. The number of Topliss-reactive ketones (excluding diaryl/α,β-unsaturated/α-hetero) is 1. The number of hydrogen-bond donors (Lipinski definition) is 0. The molecular formula is C16H13ClF2O3. The SMILES string of the molecule is O=C(CCOCOc1cccc(Cl)c1)c1ccc(F)cc1F. The average Bonchev–Trinajstić information content (AvgIpc) is 2.46. The molecule has 0 aliphatic carbocycles. The molecule has 0 saturated heterocycles. The van der Waals surface area contributed by atoms with Crippen LogP contribution in [-0.2, 0) is 4.74 Å². The highest BCUT2D eigenvalue weighted by atomic mass is 35.5. The van der Waals surface area contributed by atoms with Crippen molar-refractivity contribution in [3.8, 4) is 5.75 Å². The van der Waals surface area contributed by atoms with Crippen molar-refractivity contribution in [2.24, 2.45) is 0 Å². The van der Waals surface area contributed by atoms with E-state index in [1.54, 1.807) is 24.3 Å². The number of halogens is 3. The summed E-state index contributed by atoms with van der Waals surface area (Å²) in [6, 6.07) is 9.63. The number of carbonyl (C=O) groups is 1. The molecule has 0 fully saturated rings. The van der Waals surface area contributed by atoms with Crippen LogP contribution in [0.25, 0.3) is 0 Å². The van der Waals surface area contributed by atoms with Gasteiger partial charge in [-0.1, -0.05) is 17.7 Å². The van der Waals surface area contributed by atoms with E-state index in [1.807, 2.05) is 0 Å². The first kappa shape index (κ1) is 16.4. The Morgan fingerprint density at radius 1 is 1.14 bits per heavy atom. The van der Waals surface area contributed by atoms with Gasteiger partial charge < -0.3 is 9.47 Å². The Hall–Kier alpha value is -1.98. The molecule has 0 atom stereocenters. The molecule has 2 aromatic carbocycles. The highest BCUT2D eigenvalue weighted by molar-refractivity contribution is 6.30. The zero-order valence-corrected chi connectivity index (χ0v) is 12.3. The summed E-state index contributed by atoms with van der Waals surface area (Å²) in [5.74, 6) is -1.51. The molecule has 116 valence electrons. The van der Waals surface area contributed by atoms with E-state index in [4.69, 9.17) is 21.1 Å². The summed E-state index contributed by atoms with van der Waals surface area (Å²) in [6.07, 6.45) is -0.0263. The lowest BCUT2D eigenvalue weighted by Crippen LogP contribution is -2.10. The van der Waals surface area contributed by atoms with E-state index in [0.717, 1.165) is 12.1 Å². The van der Waals surface area contributed by atoms with Crippen LogP contribution in [0.4, 0.5) is 8.78 Å². The van der Waals surface area contributed by atoms with Crippen LogP contribution < -0.4 is 4.74 Å². The molecule has 3 nitrogen and oxygen atoms in total. The normalized spacial score (nSPS) is 10.5. The highest BCUT2D eigenvalue weighted by Crippen LogP contribution is 2.17. The second kappa shape index (κ2) is 7.87. The van der Waals surface area contributed by atoms with Crippen LogP contribution in [0.15, 0.2) is 42.5 Å². The van der Waals surface area contributed by atoms with Crippen molar-refractivity contribution >= 4 is 17.4 Å². The lowest BCUT2D eigenvalue weighted by molar-refractivity contribution is 0.0150. The number of ketones is 1. The first-order valence-corrected chi connectivity index (χ1v) is 6.88. The third-order valence-corrected chi connectivity index (χ3v) is 3.05. The molecule has 0 aliphatic rings. The summed E-state index contributed by atoms with van der Waals surface area (Å²) < 4.78 is 36.6. The van der Waals surface area contributed by atoms with Gasteiger partial charge in [0.2, 0.25) is 0 Å². The molecule has 0 aromatic heterocycles. The summed E-state index contributed by atoms with van der Waals surface area (Å²) >= 11 is 5.79. The largest absolute Gasteiger partial charge is 0.468 e. The minimum atomic E-state index is -0.875. The molecule has 0 unspecified atom stereocenters. The van der Waals surface area contributed by atoms with Crippen LogP contribution >= 0.6 is 11.6 Å². The molecule has 0 radical (unpaired) electrons. The predicted molar refractivity (Wildman–Crippen MR) is 78.2 cm³/mol. The van der Waals surface area contributed by atoms with Crippen molar-refractivity contribution in [2.75, 3.05) is 13.4 Å². The molecule has 0 amide bonds. The van der Waals surface area contributed by atoms with Gasteiger partial charge in [-0.3, -0.25) is 4.79 Å². The average molecular weight is 327 g/mol.